The zero-order valence-electron chi connectivity index (χ0n) is 16.8. The number of rotatable bonds is 9. The molecule has 0 aromatic heterocycles. The molecule has 3 unspecified atom stereocenters. The summed E-state index contributed by atoms with van der Waals surface area (Å²) in [5, 5.41) is 9.86. The van der Waals surface area contributed by atoms with Crippen molar-refractivity contribution in [3.8, 4) is 0 Å². The first-order valence-electron chi connectivity index (χ1n) is 9.28. The van der Waals surface area contributed by atoms with Crippen LogP contribution in [0.25, 0.3) is 0 Å². The zero-order chi connectivity index (χ0) is 21.5. The second-order valence-electron chi connectivity index (χ2n) is 7.76. The van der Waals surface area contributed by atoms with Gasteiger partial charge >= 0.3 is 12.1 Å². The molecular weight excluding hydrogens is 383 g/mol. The third-order valence-electron chi connectivity index (χ3n) is 4.15. The number of amides is 1. The van der Waals surface area contributed by atoms with Gasteiger partial charge in [-0.25, -0.2) is 22.8 Å². The Labute approximate surface area is 163 Å². The van der Waals surface area contributed by atoms with E-state index in [2.05, 4.69) is 4.74 Å². The van der Waals surface area contributed by atoms with Crippen LogP contribution in [0.5, 0.6) is 0 Å². The van der Waals surface area contributed by atoms with Crippen molar-refractivity contribution in [2.24, 2.45) is 0 Å². The molecule has 0 aliphatic carbocycles. The quantitative estimate of drug-likeness (QED) is 0.585. The second-order valence-corrected chi connectivity index (χ2v) is 7.76. The molecule has 28 heavy (non-hydrogen) atoms. The number of hydrogen-bond acceptors (Lipinski definition) is 6. The van der Waals surface area contributed by atoms with Crippen molar-refractivity contribution in [1.82, 2.24) is 4.90 Å². The lowest BCUT2D eigenvalue weighted by atomic mass is 9.98. The van der Waals surface area contributed by atoms with Crippen molar-refractivity contribution >= 4 is 12.1 Å². The molecule has 1 heterocycles. The fourth-order valence-corrected chi connectivity index (χ4v) is 2.75. The van der Waals surface area contributed by atoms with Crippen LogP contribution in [0.1, 0.15) is 47.0 Å². The van der Waals surface area contributed by atoms with E-state index in [1.165, 1.54) is 11.8 Å². The van der Waals surface area contributed by atoms with Crippen LogP contribution in [0.4, 0.5) is 18.0 Å². The highest BCUT2D eigenvalue weighted by molar-refractivity contribution is 5.79. The molecule has 0 aromatic carbocycles. The molecule has 0 saturated carbocycles. The fraction of sp³-hybridized carbons (Fsp3) is 0.889. The van der Waals surface area contributed by atoms with E-state index in [0.717, 1.165) is 0 Å². The SMILES string of the molecule is CCOC(=O)C(O)(CF)CC(F)C(F)OC[C@@H]1CCCN1C(=O)OC(C)(C)C. The number of hydrogen-bond donors (Lipinski definition) is 1. The molecule has 0 bridgehead atoms. The molecule has 1 rings (SSSR count). The summed E-state index contributed by atoms with van der Waals surface area (Å²) in [4.78, 5) is 25.1. The van der Waals surface area contributed by atoms with Crippen LogP contribution in [-0.4, -0.2) is 78.3 Å². The number of halogens is 3. The van der Waals surface area contributed by atoms with E-state index in [-0.39, 0.29) is 13.2 Å². The Bertz CT molecular complexity index is 530. The standard InChI is InChI=1S/C18H30F3NO6/c1-5-26-15(23)18(25,11-19)9-13(20)14(21)27-10-12-7-6-8-22(12)16(24)28-17(2,3)4/h12-14,25H,5-11H2,1-4H3/t12-,13?,14?,18?/m0/s1. The van der Waals surface area contributed by atoms with Crippen molar-refractivity contribution in [3.63, 3.8) is 0 Å². The summed E-state index contributed by atoms with van der Waals surface area (Å²) in [6.07, 6.45) is -5.49. The van der Waals surface area contributed by atoms with E-state index in [0.29, 0.717) is 19.4 Å². The van der Waals surface area contributed by atoms with Crippen molar-refractivity contribution in [2.75, 3.05) is 26.4 Å². The Morgan fingerprint density at radius 3 is 2.46 bits per heavy atom. The number of likely N-dealkylation sites (tertiary alicyclic amines) is 1. The first-order chi connectivity index (χ1) is 12.9. The second kappa shape index (κ2) is 10.3. The Morgan fingerprint density at radius 2 is 1.93 bits per heavy atom. The highest BCUT2D eigenvalue weighted by atomic mass is 19.2. The summed E-state index contributed by atoms with van der Waals surface area (Å²) >= 11 is 0. The molecule has 4 atom stereocenters. The lowest BCUT2D eigenvalue weighted by Gasteiger charge is -2.29. The minimum atomic E-state index is -2.78. The van der Waals surface area contributed by atoms with E-state index in [1.807, 2.05) is 0 Å². The van der Waals surface area contributed by atoms with E-state index in [1.54, 1.807) is 20.8 Å². The summed E-state index contributed by atoms with van der Waals surface area (Å²) < 4.78 is 55.8. The van der Waals surface area contributed by atoms with Gasteiger partial charge in [0.1, 0.15) is 12.3 Å². The Hall–Kier alpha value is -1.55. The van der Waals surface area contributed by atoms with Crippen molar-refractivity contribution < 1.29 is 42.1 Å². The van der Waals surface area contributed by atoms with Crippen LogP contribution in [-0.2, 0) is 19.0 Å². The average molecular weight is 413 g/mol. The smallest absolute Gasteiger partial charge is 0.410 e. The monoisotopic (exact) mass is 413 g/mol. The van der Waals surface area contributed by atoms with Crippen LogP contribution >= 0.6 is 0 Å². The maximum Gasteiger partial charge on any atom is 0.410 e. The third-order valence-corrected chi connectivity index (χ3v) is 4.15. The number of ether oxygens (including phenoxy) is 3. The minimum absolute atomic E-state index is 0.143. The van der Waals surface area contributed by atoms with Crippen LogP contribution in [0.2, 0.25) is 0 Å². The van der Waals surface area contributed by atoms with Crippen LogP contribution in [0.15, 0.2) is 0 Å². The highest BCUT2D eigenvalue weighted by Gasteiger charge is 2.43. The van der Waals surface area contributed by atoms with Crippen molar-refractivity contribution in [1.29, 1.82) is 0 Å². The number of carbonyl (C=O) groups is 2. The number of aliphatic hydroxyl groups is 1. The minimum Gasteiger partial charge on any atom is -0.464 e. The van der Waals surface area contributed by atoms with Crippen molar-refractivity contribution in [3.05, 3.63) is 0 Å². The fourth-order valence-electron chi connectivity index (χ4n) is 2.75. The van der Waals surface area contributed by atoms with Gasteiger partial charge < -0.3 is 24.2 Å². The lowest BCUT2D eigenvalue weighted by Crippen LogP contribution is -2.47. The molecule has 0 radical (unpaired) electrons. The van der Waals surface area contributed by atoms with Gasteiger partial charge in [-0.3, -0.25) is 0 Å². The first kappa shape index (κ1) is 24.5. The van der Waals surface area contributed by atoms with Gasteiger partial charge in [-0.1, -0.05) is 0 Å². The number of carbonyl (C=O) groups excluding carboxylic acids is 2. The summed E-state index contributed by atoms with van der Waals surface area (Å²) in [6.45, 7) is 4.93. The van der Waals surface area contributed by atoms with E-state index in [4.69, 9.17) is 9.47 Å². The first-order valence-corrected chi connectivity index (χ1v) is 9.28. The van der Waals surface area contributed by atoms with E-state index >= 15 is 0 Å². The van der Waals surface area contributed by atoms with Crippen LogP contribution < -0.4 is 0 Å². The summed E-state index contributed by atoms with van der Waals surface area (Å²) in [7, 11) is 0. The summed E-state index contributed by atoms with van der Waals surface area (Å²) in [6, 6.07) is -0.495. The molecule has 0 aromatic rings. The predicted octanol–water partition coefficient (Wildman–Crippen LogP) is 2.69. The van der Waals surface area contributed by atoms with Gasteiger partial charge in [-0.2, -0.15) is 0 Å². The van der Waals surface area contributed by atoms with Gasteiger partial charge in [0.25, 0.3) is 0 Å². The largest absolute Gasteiger partial charge is 0.464 e. The van der Waals surface area contributed by atoms with E-state index in [9.17, 15) is 27.9 Å². The highest BCUT2D eigenvalue weighted by Crippen LogP contribution is 2.25. The van der Waals surface area contributed by atoms with Gasteiger partial charge in [0.2, 0.25) is 6.36 Å². The predicted molar refractivity (Wildman–Crippen MR) is 93.9 cm³/mol. The topological polar surface area (TPSA) is 85.3 Å². The van der Waals surface area contributed by atoms with Gasteiger partial charge in [0.15, 0.2) is 11.8 Å². The molecule has 1 amide bonds. The maximum atomic E-state index is 14.1. The molecule has 1 fully saturated rings. The molecule has 1 N–H and O–H groups in total. The molecule has 164 valence electrons. The number of esters is 1. The normalized spacial score (nSPS) is 21.7. The van der Waals surface area contributed by atoms with Gasteiger partial charge in [-0.15, -0.1) is 0 Å². The molecule has 1 aliphatic heterocycles. The molecule has 10 heteroatoms. The average Bonchev–Trinajstić information content (AvgIpc) is 3.06. The summed E-state index contributed by atoms with van der Waals surface area (Å²) in [5.74, 6) is -1.36. The Kier molecular flexibility index (Phi) is 9.00. The van der Waals surface area contributed by atoms with Gasteiger partial charge in [0, 0.05) is 13.0 Å². The molecule has 0 spiro atoms. The van der Waals surface area contributed by atoms with E-state index < -0.39 is 54.9 Å². The van der Waals surface area contributed by atoms with Gasteiger partial charge in [-0.05, 0) is 40.5 Å². The molecule has 7 nitrogen and oxygen atoms in total. The van der Waals surface area contributed by atoms with Crippen LogP contribution in [0, 0.1) is 0 Å². The van der Waals surface area contributed by atoms with Crippen LogP contribution in [0.3, 0.4) is 0 Å². The number of nitrogens with zero attached hydrogens (tertiary/aromatic N) is 1. The Morgan fingerprint density at radius 1 is 1.29 bits per heavy atom. The lowest BCUT2D eigenvalue weighted by molar-refractivity contribution is -0.174. The maximum absolute atomic E-state index is 14.1. The molecular formula is C18H30F3NO6. The Balaban J connectivity index is 2.58. The zero-order valence-corrected chi connectivity index (χ0v) is 16.8. The van der Waals surface area contributed by atoms with Crippen molar-refractivity contribution in [2.45, 2.75) is 76.7 Å². The molecule has 1 saturated heterocycles. The summed E-state index contributed by atoms with van der Waals surface area (Å²) in [5.41, 5.74) is -3.47. The number of alkyl halides is 3. The van der Waals surface area contributed by atoms with Gasteiger partial charge in [0.05, 0.1) is 19.3 Å². The molecule has 1 aliphatic rings. The third kappa shape index (κ3) is 7.12.